The van der Waals surface area contributed by atoms with Crippen molar-refractivity contribution in [2.45, 2.75) is 61.6 Å². The number of aliphatic hydroxyl groups excluding tert-OH is 1. The first-order valence-electron chi connectivity index (χ1n) is 18.5. The number of carboxylic acids is 1. The summed E-state index contributed by atoms with van der Waals surface area (Å²) in [5.74, 6) is -3.21. The molecule has 1 aliphatic heterocycles. The number of likely N-dealkylation sites (N-methyl/N-ethyl adjacent to an activating group) is 1. The number of ether oxygens (including phenoxy) is 4. The fraction of sp³-hybridized carbons (Fsp3) is 0.405. The maximum absolute atomic E-state index is 14.0. The molecule has 0 amide bonds. The number of aliphatic hydroxyl groups is 1. The molecule has 6 unspecified atom stereocenters. The Kier molecular flexibility index (Phi) is 14.4. The number of ketones is 2. The van der Waals surface area contributed by atoms with Gasteiger partial charge in [0.1, 0.15) is 31.0 Å². The van der Waals surface area contributed by atoms with Crippen molar-refractivity contribution in [3.8, 4) is 23.0 Å². The van der Waals surface area contributed by atoms with Gasteiger partial charge in [0, 0.05) is 25.9 Å². The van der Waals surface area contributed by atoms with E-state index in [9.17, 15) is 39.9 Å². The number of nitrogens with one attached hydrogen (secondary N) is 1. The van der Waals surface area contributed by atoms with Gasteiger partial charge >= 0.3 is 5.97 Å². The lowest BCUT2D eigenvalue weighted by molar-refractivity contribution is -0.268. The van der Waals surface area contributed by atoms with Crippen LogP contribution in [0.1, 0.15) is 42.4 Å². The second-order valence-corrected chi connectivity index (χ2v) is 14.3. The lowest BCUT2D eigenvalue weighted by atomic mass is 9.70. The number of rotatable bonds is 17. The van der Waals surface area contributed by atoms with Crippen LogP contribution in [0.15, 0.2) is 78.9 Å². The van der Waals surface area contributed by atoms with Crippen molar-refractivity contribution in [3.63, 3.8) is 0 Å². The van der Waals surface area contributed by atoms with E-state index in [0.717, 1.165) is 5.56 Å². The Morgan fingerprint density at radius 1 is 0.964 bits per heavy atom. The van der Waals surface area contributed by atoms with Crippen molar-refractivity contribution >= 4 is 29.7 Å². The maximum atomic E-state index is 14.0. The fourth-order valence-electron chi connectivity index (χ4n) is 7.30. The molecule has 1 heterocycles. The first kappa shape index (κ1) is 42.1. The van der Waals surface area contributed by atoms with E-state index < -0.39 is 60.1 Å². The Hall–Kier alpha value is -5.09. The number of benzene rings is 3. The van der Waals surface area contributed by atoms with Crippen LogP contribution in [0.4, 0.5) is 0 Å². The van der Waals surface area contributed by atoms with Gasteiger partial charge in [-0.25, -0.2) is 4.79 Å². The number of phenols is 3. The number of nitrogens with two attached hydrogens (primary N) is 1. The molecular weight excluding hydrogens is 724 g/mol. The molecule has 1 saturated carbocycles. The summed E-state index contributed by atoms with van der Waals surface area (Å²) in [7, 11) is 1.62. The van der Waals surface area contributed by atoms with Gasteiger partial charge in [-0.2, -0.15) is 0 Å². The minimum atomic E-state index is -2.11. The van der Waals surface area contributed by atoms with E-state index in [-0.39, 0.29) is 68.1 Å². The third kappa shape index (κ3) is 10.6. The number of aryl methyl sites for hydroxylation is 1. The standard InChI is InChI=1S/C42H50N2O12/c1-44-26-42-25-41(40(51)52,55-24-31(45)13-9-28-12-16-37(35(49)20-28)53-18-17-43)22-36(50)39(42)54-23-30(8-7-27-5-3-2-4-6-27)21-38(56-42)33(47)15-11-29-10-14-32(46)34(48)19-29/h2-6,9-16,19-20,30,36,38-39,44,46,48-50H,7-8,17-18,21-26,43H2,1H3,(H,51,52). The van der Waals surface area contributed by atoms with Crippen LogP contribution in [0.2, 0.25) is 0 Å². The number of aliphatic carboxylic acids is 1. The van der Waals surface area contributed by atoms with E-state index in [1.165, 1.54) is 54.6 Å². The molecule has 56 heavy (non-hydrogen) atoms. The highest BCUT2D eigenvalue weighted by molar-refractivity contribution is 5.97. The number of carboxylic acid groups (broad SMARTS) is 1. The zero-order chi connectivity index (χ0) is 40.3. The van der Waals surface area contributed by atoms with Gasteiger partial charge in [0.15, 0.2) is 40.2 Å². The molecule has 3 aromatic rings. The van der Waals surface area contributed by atoms with Crippen LogP contribution in [-0.2, 0) is 35.0 Å². The van der Waals surface area contributed by atoms with Gasteiger partial charge in [-0.15, -0.1) is 0 Å². The van der Waals surface area contributed by atoms with E-state index in [0.29, 0.717) is 24.0 Å². The molecule has 0 spiro atoms. The molecule has 0 aromatic heterocycles. The highest BCUT2D eigenvalue weighted by atomic mass is 16.6. The van der Waals surface area contributed by atoms with Crippen molar-refractivity contribution in [2.24, 2.45) is 11.7 Å². The minimum Gasteiger partial charge on any atom is -0.504 e. The Bertz CT molecular complexity index is 1880. The van der Waals surface area contributed by atoms with Crippen LogP contribution < -0.4 is 15.8 Å². The molecule has 6 atom stereocenters. The van der Waals surface area contributed by atoms with Crippen molar-refractivity contribution in [3.05, 3.63) is 95.6 Å². The van der Waals surface area contributed by atoms with Gasteiger partial charge < -0.3 is 55.5 Å². The van der Waals surface area contributed by atoms with Crippen molar-refractivity contribution in [1.82, 2.24) is 5.32 Å². The van der Waals surface area contributed by atoms with Crippen LogP contribution in [-0.4, -0.2) is 113 Å². The van der Waals surface area contributed by atoms with Gasteiger partial charge in [0.25, 0.3) is 0 Å². The zero-order valence-electron chi connectivity index (χ0n) is 31.2. The third-order valence-corrected chi connectivity index (χ3v) is 10.0. The van der Waals surface area contributed by atoms with Gasteiger partial charge in [-0.05, 0) is 85.3 Å². The van der Waals surface area contributed by atoms with Crippen LogP contribution >= 0.6 is 0 Å². The van der Waals surface area contributed by atoms with Crippen molar-refractivity contribution in [2.75, 3.05) is 40.0 Å². The average molecular weight is 775 g/mol. The smallest absolute Gasteiger partial charge is 0.336 e. The second-order valence-electron chi connectivity index (χ2n) is 14.3. The van der Waals surface area contributed by atoms with E-state index in [4.69, 9.17) is 24.7 Å². The first-order valence-corrected chi connectivity index (χ1v) is 18.5. The molecule has 0 radical (unpaired) electrons. The highest BCUT2D eigenvalue weighted by Gasteiger charge is 2.61. The van der Waals surface area contributed by atoms with Gasteiger partial charge in [0.2, 0.25) is 0 Å². The molecular formula is C42H50N2O12. The molecule has 14 heteroatoms. The summed E-state index contributed by atoms with van der Waals surface area (Å²) < 4.78 is 24.4. The Morgan fingerprint density at radius 2 is 1.68 bits per heavy atom. The first-order chi connectivity index (χ1) is 26.9. The molecule has 0 bridgehead atoms. The molecule has 5 rings (SSSR count). The zero-order valence-corrected chi connectivity index (χ0v) is 31.2. The van der Waals surface area contributed by atoms with Crippen LogP contribution in [0.3, 0.4) is 0 Å². The van der Waals surface area contributed by atoms with Crippen molar-refractivity contribution in [1.29, 1.82) is 0 Å². The summed E-state index contributed by atoms with van der Waals surface area (Å²) >= 11 is 0. The topological polar surface area (TPSA) is 227 Å². The molecule has 2 fully saturated rings. The quantitative estimate of drug-likeness (QED) is 0.0771. The van der Waals surface area contributed by atoms with Crippen LogP contribution in [0.25, 0.3) is 12.2 Å². The SMILES string of the molecule is CNCC12CC(OCC(=O)C=Cc3ccc(OCCN)c(O)c3)(C(=O)O)CC(O)C1OCC(CCc1ccccc1)CC(C(=O)C=Cc1ccc(O)c(O)c1)O2. The molecule has 300 valence electrons. The summed E-state index contributed by atoms with van der Waals surface area (Å²) in [4.78, 5) is 40.1. The third-order valence-electron chi connectivity index (χ3n) is 10.0. The largest absolute Gasteiger partial charge is 0.504 e. The maximum Gasteiger partial charge on any atom is 0.336 e. The predicted octanol–water partition coefficient (Wildman–Crippen LogP) is 3.38. The summed E-state index contributed by atoms with van der Waals surface area (Å²) in [6.07, 6.45) is 2.55. The number of hydrogen-bond donors (Lipinski definition) is 7. The molecule has 8 N–H and O–H groups in total. The van der Waals surface area contributed by atoms with Gasteiger partial charge in [0.05, 0.1) is 12.7 Å². The van der Waals surface area contributed by atoms with Crippen LogP contribution in [0.5, 0.6) is 23.0 Å². The predicted molar refractivity (Wildman–Crippen MR) is 206 cm³/mol. The van der Waals surface area contributed by atoms with Gasteiger partial charge in [-0.1, -0.05) is 54.6 Å². The summed E-state index contributed by atoms with van der Waals surface area (Å²) in [5.41, 5.74) is 3.75. The van der Waals surface area contributed by atoms with E-state index >= 15 is 0 Å². The molecule has 1 aliphatic carbocycles. The monoisotopic (exact) mass is 774 g/mol. The van der Waals surface area contributed by atoms with E-state index in [1.807, 2.05) is 30.3 Å². The Morgan fingerprint density at radius 3 is 2.36 bits per heavy atom. The Labute approximate surface area is 325 Å². The minimum absolute atomic E-state index is 0.0382. The number of carbonyl (C=O) groups is 3. The number of aromatic hydroxyl groups is 3. The fourth-order valence-corrected chi connectivity index (χ4v) is 7.30. The summed E-state index contributed by atoms with van der Waals surface area (Å²) in [6.45, 7) is -0.0675. The molecule has 14 nitrogen and oxygen atoms in total. The number of phenolic OH excluding ortho intramolecular Hbond substituents is 3. The lowest BCUT2D eigenvalue weighted by Gasteiger charge is -2.53. The average Bonchev–Trinajstić information content (AvgIpc) is 3.17. The molecule has 1 saturated heterocycles. The van der Waals surface area contributed by atoms with Crippen molar-refractivity contribution < 1.29 is 58.9 Å². The molecule has 2 aliphatic rings. The van der Waals surface area contributed by atoms with E-state index in [1.54, 1.807) is 13.1 Å². The Balaban J connectivity index is 1.39. The normalized spacial score (nSPS) is 25.3. The lowest BCUT2D eigenvalue weighted by Crippen LogP contribution is -2.69. The number of hydrogen-bond acceptors (Lipinski definition) is 13. The van der Waals surface area contributed by atoms with Gasteiger partial charge in [-0.3, -0.25) is 9.59 Å². The van der Waals surface area contributed by atoms with Crippen LogP contribution in [0, 0.1) is 5.92 Å². The number of carbonyl (C=O) groups excluding carboxylic acids is 2. The summed E-state index contributed by atoms with van der Waals surface area (Å²) in [6, 6.07) is 18.5. The number of fused-ring (bicyclic) bond motifs is 1. The highest BCUT2D eigenvalue weighted by Crippen LogP contribution is 2.45. The second kappa shape index (κ2) is 19.2. The molecule has 3 aromatic carbocycles. The van der Waals surface area contributed by atoms with E-state index in [2.05, 4.69) is 5.32 Å². The summed E-state index contributed by atoms with van der Waals surface area (Å²) in [5, 5.41) is 55.3.